The second kappa shape index (κ2) is 6.81. The van der Waals surface area contributed by atoms with Gasteiger partial charge in [0.05, 0.1) is 0 Å². The summed E-state index contributed by atoms with van der Waals surface area (Å²) >= 11 is 0. The summed E-state index contributed by atoms with van der Waals surface area (Å²) in [6.45, 7) is 2.63. The van der Waals surface area contributed by atoms with E-state index in [1.807, 2.05) is 0 Å². The summed E-state index contributed by atoms with van der Waals surface area (Å²) < 4.78 is 0. The van der Waals surface area contributed by atoms with E-state index in [2.05, 4.69) is 6.92 Å². The van der Waals surface area contributed by atoms with Crippen molar-refractivity contribution in [3.05, 3.63) is 0 Å². The predicted molar refractivity (Wildman–Crippen MR) is 76.2 cm³/mol. The monoisotopic (exact) mass is 236 g/mol. The molecule has 0 heteroatoms. The van der Waals surface area contributed by atoms with Gasteiger partial charge < -0.3 is 0 Å². The molecule has 100 valence electrons. The summed E-state index contributed by atoms with van der Waals surface area (Å²) in [4.78, 5) is 0. The highest BCUT2D eigenvalue weighted by molar-refractivity contribution is 4.86. The van der Waals surface area contributed by atoms with Crippen LogP contribution < -0.4 is 0 Å². The van der Waals surface area contributed by atoms with Crippen molar-refractivity contribution in [1.29, 1.82) is 0 Å². The Kier molecular flexibility index (Phi) is 5.38. The highest BCUT2D eigenvalue weighted by Gasteiger charge is 2.34. The Hall–Kier alpha value is 0. The lowest BCUT2D eigenvalue weighted by atomic mass is 9.69. The van der Waals surface area contributed by atoms with Crippen LogP contribution >= 0.6 is 0 Å². The van der Waals surface area contributed by atoms with Gasteiger partial charge in [-0.25, -0.2) is 0 Å². The van der Waals surface area contributed by atoms with Crippen molar-refractivity contribution >= 4 is 0 Å². The van der Waals surface area contributed by atoms with Crippen molar-refractivity contribution in [3.8, 4) is 0 Å². The standard InChI is InChI=1S/C17H32/c1-17(16-12-8-9-13-16)14-10-6-4-2-3-5-7-11-15-17/h16H,2-15H2,1H3. The Balaban J connectivity index is 1.90. The van der Waals surface area contributed by atoms with E-state index in [-0.39, 0.29) is 0 Å². The summed E-state index contributed by atoms with van der Waals surface area (Å²) in [5.74, 6) is 1.07. The molecule has 0 amide bonds. The fourth-order valence-electron chi connectivity index (χ4n) is 4.27. The smallest absolute Gasteiger partial charge is 0.0298 e. The minimum Gasteiger partial charge on any atom is -0.0594 e. The zero-order valence-electron chi connectivity index (χ0n) is 12.0. The van der Waals surface area contributed by atoms with Crippen molar-refractivity contribution in [2.75, 3.05) is 0 Å². The summed E-state index contributed by atoms with van der Waals surface area (Å²) in [5, 5.41) is 0. The Labute approximate surface area is 109 Å². The lowest BCUT2D eigenvalue weighted by molar-refractivity contribution is 0.146. The van der Waals surface area contributed by atoms with Crippen LogP contribution in [-0.4, -0.2) is 0 Å². The summed E-state index contributed by atoms with van der Waals surface area (Å²) in [7, 11) is 0. The van der Waals surface area contributed by atoms with Crippen LogP contribution in [0, 0.1) is 11.3 Å². The largest absolute Gasteiger partial charge is 0.0594 e. The molecule has 0 spiro atoms. The molecule has 0 saturated heterocycles. The molecule has 0 atom stereocenters. The van der Waals surface area contributed by atoms with Crippen molar-refractivity contribution in [2.24, 2.45) is 11.3 Å². The zero-order valence-corrected chi connectivity index (χ0v) is 12.0. The third-order valence-corrected chi connectivity index (χ3v) is 5.59. The molecule has 0 aromatic carbocycles. The minimum atomic E-state index is 0.709. The van der Waals surface area contributed by atoms with Gasteiger partial charge in [0.1, 0.15) is 0 Å². The Morgan fingerprint density at radius 2 is 1.00 bits per heavy atom. The van der Waals surface area contributed by atoms with Gasteiger partial charge in [-0.3, -0.25) is 0 Å². The van der Waals surface area contributed by atoms with Crippen LogP contribution in [0.1, 0.15) is 96.8 Å². The zero-order chi connectivity index (χ0) is 12.0. The molecule has 0 aromatic heterocycles. The maximum absolute atomic E-state index is 2.63. The van der Waals surface area contributed by atoms with E-state index in [0.717, 1.165) is 5.92 Å². The second-order valence-corrected chi connectivity index (χ2v) is 6.96. The fraction of sp³-hybridized carbons (Fsp3) is 1.00. The van der Waals surface area contributed by atoms with Crippen LogP contribution in [0.4, 0.5) is 0 Å². The molecule has 2 saturated carbocycles. The number of hydrogen-bond donors (Lipinski definition) is 0. The van der Waals surface area contributed by atoms with E-state index in [9.17, 15) is 0 Å². The summed E-state index contributed by atoms with van der Waals surface area (Å²) in [5.41, 5.74) is 0.709. The maximum atomic E-state index is 2.63. The maximum Gasteiger partial charge on any atom is -0.0298 e. The van der Waals surface area contributed by atoms with Crippen molar-refractivity contribution < 1.29 is 0 Å². The lowest BCUT2D eigenvalue weighted by Crippen LogP contribution is -2.25. The predicted octanol–water partition coefficient (Wildman–Crippen LogP) is 6.10. The van der Waals surface area contributed by atoms with Crippen LogP contribution in [-0.2, 0) is 0 Å². The van der Waals surface area contributed by atoms with Crippen molar-refractivity contribution in [1.82, 2.24) is 0 Å². The highest BCUT2D eigenvalue weighted by Crippen LogP contribution is 2.46. The number of hydrogen-bond acceptors (Lipinski definition) is 0. The van der Waals surface area contributed by atoms with Gasteiger partial charge in [0.15, 0.2) is 0 Å². The normalized spacial score (nSPS) is 28.8. The molecule has 2 rings (SSSR count). The molecule has 0 aromatic rings. The third kappa shape index (κ3) is 4.00. The van der Waals surface area contributed by atoms with Gasteiger partial charge in [0.25, 0.3) is 0 Å². The Morgan fingerprint density at radius 3 is 1.47 bits per heavy atom. The van der Waals surface area contributed by atoms with Crippen LogP contribution in [0.25, 0.3) is 0 Å². The molecular weight excluding hydrogens is 204 g/mol. The average molecular weight is 236 g/mol. The quantitative estimate of drug-likeness (QED) is 0.516. The van der Waals surface area contributed by atoms with E-state index in [1.165, 1.54) is 89.9 Å². The fourth-order valence-corrected chi connectivity index (χ4v) is 4.27. The molecule has 2 aliphatic rings. The minimum absolute atomic E-state index is 0.709. The first-order chi connectivity index (χ1) is 8.31. The van der Waals surface area contributed by atoms with Gasteiger partial charge >= 0.3 is 0 Å². The van der Waals surface area contributed by atoms with Crippen LogP contribution in [0.2, 0.25) is 0 Å². The molecule has 0 aliphatic heterocycles. The topological polar surface area (TPSA) is 0 Å². The summed E-state index contributed by atoms with van der Waals surface area (Å²) in [6, 6.07) is 0. The van der Waals surface area contributed by atoms with Crippen LogP contribution in [0.3, 0.4) is 0 Å². The van der Waals surface area contributed by atoms with E-state index in [1.54, 1.807) is 0 Å². The first-order valence-electron chi connectivity index (χ1n) is 8.31. The van der Waals surface area contributed by atoms with Gasteiger partial charge in [-0.1, -0.05) is 71.1 Å². The van der Waals surface area contributed by atoms with E-state index in [4.69, 9.17) is 0 Å². The van der Waals surface area contributed by atoms with E-state index < -0.39 is 0 Å². The van der Waals surface area contributed by atoms with Crippen molar-refractivity contribution in [2.45, 2.75) is 96.8 Å². The van der Waals surface area contributed by atoms with E-state index in [0.29, 0.717) is 5.41 Å². The van der Waals surface area contributed by atoms with E-state index >= 15 is 0 Å². The van der Waals surface area contributed by atoms with Gasteiger partial charge in [0.2, 0.25) is 0 Å². The Morgan fingerprint density at radius 1 is 0.588 bits per heavy atom. The first-order valence-corrected chi connectivity index (χ1v) is 8.31. The molecule has 0 nitrogen and oxygen atoms in total. The van der Waals surface area contributed by atoms with Gasteiger partial charge in [-0.2, -0.15) is 0 Å². The highest BCUT2D eigenvalue weighted by atomic mass is 14.4. The average Bonchev–Trinajstić information content (AvgIpc) is 2.84. The summed E-state index contributed by atoms with van der Waals surface area (Å²) in [6.07, 6.45) is 21.2. The molecule has 0 N–H and O–H groups in total. The SMILES string of the molecule is CC1(C2CCCC2)CCCCCCCCCC1. The first kappa shape index (κ1) is 13.4. The molecule has 0 unspecified atom stereocenters. The van der Waals surface area contributed by atoms with Gasteiger partial charge in [-0.05, 0) is 37.0 Å². The van der Waals surface area contributed by atoms with Gasteiger partial charge in [0, 0.05) is 0 Å². The van der Waals surface area contributed by atoms with Crippen LogP contribution in [0.15, 0.2) is 0 Å². The third-order valence-electron chi connectivity index (χ3n) is 5.59. The molecule has 2 fully saturated rings. The second-order valence-electron chi connectivity index (χ2n) is 6.96. The van der Waals surface area contributed by atoms with Crippen LogP contribution in [0.5, 0.6) is 0 Å². The van der Waals surface area contributed by atoms with Gasteiger partial charge in [-0.15, -0.1) is 0 Å². The molecule has 2 aliphatic carbocycles. The van der Waals surface area contributed by atoms with Crippen molar-refractivity contribution in [3.63, 3.8) is 0 Å². The molecular formula is C17H32. The number of rotatable bonds is 1. The molecule has 0 heterocycles. The lowest BCUT2D eigenvalue weighted by Gasteiger charge is -2.36. The molecule has 0 bridgehead atoms. The Bertz CT molecular complexity index is 188. The molecule has 0 radical (unpaired) electrons. The molecule has 17 heavy (non-hydrogen) atoms.